The molecule has 1 atom stereocenters. The van der Waals surface area contributed by atoms with Crippen molar-refractivity contribution in [3.63, 3.8) is 0 Å². The highest BCUT2D eigenvalue weighted by molar-refractivity contribution is 5.37. The minimum Gasteiger partial charge on any atom is -0.496 e. The van der Waals surface area contributed by atoms with Gasteiger partial charge < -0.3 is 9.84 Å². The van der Waals surface area contributed by atoms with Gasteiger partial charge in [0.1, 0.15) is 11.6 Å². The molecule has 0 bridgehead atoms. The van der Waals surface area contributed by atoms with E-state index in [-0.39, 0.29) is 5.56 Å². The van der Waals surface area contributed by atoms with Crippen molar-refractivity contribution in [1.29, 1.82) is 0 Å². The van der Waals surface area contributed by atoms with Crippen molar-refractivity contribution < 1.29 is 14.2 Å². The molecule has 0 saturated carbocycles. The Morgan fingerprint density at radius 2 is 2.20 bits per heavy atom. The third-order valence-electron chi connectivity index (χ3n) is 3.36. The molecular weight excluding hydrogens is 259 g/mol. The number of aromatic nitrogens is 2. The second-order valence-electron chi connectivity index (χ2n) is 4.68. The van der Waals surface area contributed by atoms with Crippen LogP contribution in [0, 0.1) is 5.82 Å². The first-order valence-corrected chi connectivity index (χ1v) is 6.59. The van der Waals surface area contributed by atoms with Gasteiger partial charge in [-0.25, -0.2) is 4.39 Å². The molecule has 1 aromatic heterocycles. The highest BCUT2D eigenvalue weighted by Crippen LogP contribution is 2.30. The number of nitrogens with zero attached hydrogens (tertiary/aromatic N) is 2. The molecule has 1 aromatic carbocycles. The summed E-state index contributed by atoms with van der Waals surface area (Å²) in [5.41, 5.74) is 2.00. The zero-order chi connectivity index (χ0) is 14.7. The minimum absolute atomic E-state index is 0.189. The molecule has 108 valence electrons. The maximum Gasteiger partial charge on any atom is 0.132 e. The van der Waals surface area contributed by atoms with Gasteiger partial charge in [0.25, 0.3) is 0 Å². The van der Waals surface area contributed by atoms with Crippen LogP contribution in [-0.2, 0) is 19.9 Å². The quantitative estimate of drug-likeness (QED) is 0.913. The van der Waals surface area contributed by atoms with E-state index in [0.29, 0.717) is 12.2 Å². The fraction of sp³-hybridized carbons (Fsp3) is 0.400. The number of aliphatic hydroxyl groups excluding tert-OH is 1. The van der Waals surface area contributed by atoms with Gasteiger partial charge in [0, 0.05) is 19.2 Å². The average molecular weight is 278 g/mol. The monoisotopic (exact) mass is 278 g/mol. The average Bonchev–Trinajstić information content (AvgIpc) is 2.78. The molecule has 20 heavy (non-hydrogen) atoms. The molecule has 5 heteroatoms. The fourth-order valence-corrected chi connectivity index (χ4v) is 2.25. The number of aryl methyl sites for hydroxylation is 2. The predicted octanol–water partition coefficient (Wildman–Crippen LogP) is 2.41. The summed E-state index contributed by atoms with van der Waals surface area (Å²) in [6, 6.07) is 6.45. The zero-order valence-corrected chi connectivity index (χ0v) is 11.9. The van der Waals surface area contributed by atoms with Gasteiger partial charge in [-0.05, 0) is 24.6 Å². The number of aliphatic hydroxyl groups is 1. The zero-order valence-electron chi connectivity index (χ0n) is 11.9. The summed E-state index contributed by atoms with van der Waals surface area (Å²) in [7, 11) is 3.28. The molecule has 0 spiro atoms. The summed E-state index contributed by atoms with van der Waals surface area (Å²) in [4.78, 5) is 0. The fourth-order valence-electron chi connectivity index (χ4n) is 2.25. The third kappa shape index (κ3) is 2.82. The molecule has 0 amide bonds. The van der Waals surface area contributed by atoms with Crippen molar-refractivity contribution in [3.8, 4) is 5.75 Å². The van der Waals surface area contributed by atoms with Gasteiger partial charge in [0.2, 0.25) is 0 Å². The molecular formula is C15H19FN2O2. The van der Waals surface area contributed by atoms with Crippen molar-refractivity contribution in [2.45, 2.75) is 25.9 Å². The second kappa shape index (κ2) is 6.05. The molecule has 2 aromatic rings. The van der Waals surface area contributed by atoms with E-state index >= 15 is 0 Å². The number of ether oxygens (including phenoxy) is 1. The van der Waals surface area contributed by atoms with Crippen LogP contribution in [0.1, 0.15) is 30.0 Å². The highest BCUT2D eigenvalue weighted by Gasteiger charge is 2.20. The van der Waals surface area contributed by atoms with Crippen LogP contribution in [0.2, 0.25) is 0 Å². The summed E-state index contributed by atoms with van der Waals surface area (Å²) >= 11 is 0. The van der Waals surface area contributed by atoms with E-state index in [1.165, 1.54) is 13.2 Å². The predicted molar refractivity (Wildman–Crippen MR) is 74.2 cm³/mol. The molecule has 1 N–H and O–H groups in total. The van der Waals surface area contributed by atoms with Crippen LogP contribution >= 0.6 is 0 Å². The summed E-state index contributed by atoms with van der Waals surface area (Å²) in [5.74, 6) is -0.106. The van der Waals surface area contributed by atoms with Gasteiger partial charge in [-0.15, -0.1) is 0 Å². The Morgan fingerprint density at radius 3 is 2.80 bits per heavy atom. The van der Waals surface area contributed by atoms with Crippen LogP contribution in [0.25, 0.3) is 0 Å². The van der Waals surface area contributed by atoms with E-state index in [0.717, 1.165) is 17.8 Å². The summed E-state index contributed by atoms with van der Waals surface area (Å²) in [6.07, 6.45) is 0.152. The number of methoxy groups -OCH3 is 1. The van der Waals surface area contributed by atoms with Crippen molar-refractivity contribution >= 4 is 0 Å². The molecule has 0 aliphatic carbocycles. The smallest absolute Gasteiger partial charge is 0.132 e. The maximum atomic E-state index is 13.9. The lowest BCUT2D eigenvalue weighted by Gasteiger charge is -2.15. The van der Waals surface area contributed by atoms with Crippen LogP contribution in [0.3, 0.4) is 0 Å². The molecule has 2 rings (SSSR count). The Bertz CT molecular complexity index is 596. The lowest BCUT2D eigenvalue weighted by Crippen LogP contribution is -2.09. The Hall–Kier alpha value is -1.88. The van der Waals surface area contributed by atoms with Crippen LogP contribution in [0.4, 0.5) is 4.39 Å². The maximum absolute atomic E-state index is 13.9. The topological polar surface area (TPSA) is 47.3 Å². The minimum atomic E-state index is -0.966. The number of halogens is 1. The first-order valence-electron chi connectivity index (χ1n) is 6.59. The molecule has 0 aliphatic heterocycles. The second-order valence-corrected chi connectivity index (χ2v) is 4.68. The van der Waals surface area contributed by atoms with Gasteiger partial charge in [0.15, 0.2) is 0 Å². The van der Waals surface area contributed by atoms with Crippen LogP contribution in [0.5, 0.6) is 5.75 Å². The van der Waals surface area contributed by atoms with Gasteiger partial charge in [-0.3, -0.25) is 4.68 Å². The van der Waals surface area contributed by atoms with Crippen molar-refractivity contribution in [1.82, 2.24) is 9.78 Å². The molecule has 0 saturated heterocycles. The first-order chi connectivity index (χ1) is 9.56. The van der Waals surface area contributed by atoms with Gasteiger partial charge in [-0.2, -0.15) is 5.10 Å². The highest BCUT2D eigenvalue weighted by atomic mass is 19.1. The van der Waals surface area contributed by atoms with Crippen LogP contribution in [0.15, 0.2) is 24.3 Å². The molecule has 1 unspecified atom stereocenters. The van der Waals surface area contributed by atoms with E-state index < -0.39 is 11.9 Å². The number of hydrogen-bond donors (Lipinski definition) is 1. The van der Waals surface area contributed by atoms with E-state index in [1.807, 2.05) is 20.0 Å². The number of benzene rings is 1. The molecule has 1 heterocycles. The number of hydrogen-bond acceptors (Lipinski definition) is 3. The molecule has 0 fully saturated rings. The largest absolute Gasteiger partial charge is 0.496 e. The third-order valence-corrected chi connectivity index (χ3v) is 3.36. The standard InChI is InChI=1S/C15H19FN2O2/c1-4-10-8-11(18(2)17-10)9-13(19)15-12(16)6-5-7-14(15)20-3/h5-8,13,19H,4,9H2,1-3H3. The van der Waals surface area contributed by atoms with E-state index in [9.17, 15) is 9.50 Å². The first kappa shape index (κ1) is 14.5. The Morgan fingerprint density at radius 1 is 1.45 bits per heavy atom. The lowest BCUT2D eigenvalue weighted by atomic mass is 10.0. The molecule has 0 radical (unpaired) electrons. The Balaban J connectivity index is 2.28. The SMILES string of the molecule is CCc1cc(CC(O)c2c(F)cccc2OC)n(C)n1. The van der Waals surface area contributed by atoms with Crippen molar-refractivity contribution in [2.24, 2.45) is 7.05 Å². The van der Waals surface area contributed by atoms with Gasteiger partial charge in [0.05, 0.1) is 24.5 Å². The van der Waals surface area contributed by atoms with Crippen molar-refractivity contribution in [3.05, 3.63) is 47.0 Å². The van der Waals surface area contributed by atoms with E-state index in [4.69, 9.17) is 4.74 Å². The summed E-state index contributed by atoms with van der Waals surface area (Å²) < 4.78 is 20.7. The lowest BCUT2D eigenvalue weighted by molar-refractivity contribution is 0.166. The number of rotatable bonds is 5. The van der Waals surface area contributed by atoms with Gasteiger partial charge >= 0.3 is 0 Å². The molecule has 4 nitrogen and oxygen atoms in total. The Kier molecular flexibility index (Phi) is 4.39. The molecule has 0 aliphatic rings. The summed E-state index contributed by atoms with van der Waals surface area (Å²) in [6.45, 7) is 2.02. The van der Waals surface area contributed by atoms with Gasteiger partial charge in [-0.1, -0.05) is 13.0 Å². The van der Waals surface area contributed by atoms with Crippen LogP contribution < -0.4 is 4.74 Å². The summed E-state index contributed by atoms with van der Waals surface area (Å²) in [5, 5.41) is 14.6. The van der Waals surface area contributed by atoms with Crippen molar-refractivity contribution in [2.75, 3.05) is 7.11 Å². The normalized spacial score (nSPS) is 12.4. The van der Waals surface area contributed by atoms with E-state index in [1.54, 1.807) is 16.8 Å². The Labute approximate surface area is 117 Å². The van der Waals surface area contributed by atoms with E-state index in [2.05, 4.69) is 5.10 Å². The van der Waals surface area contributed by atoms with Crippen LogP contribution in [-0.4, -0.2) is 22.0 Å².